The molecule has 172 valence electrons. The summed E-state index contributed by atoms with van der Waals surface area (Å²) in [5, 5.41) is 3.36. The van der Waals surface area contributed by atoms with Gasteiger partial charge >= 0.3 is 6.18 Å². The highest BCUT2D eigenvalue weighted by Gasteiger charge is 2.32. The van der Waals surface area contributed by atoms with Gasteiger partial charge in [-0.15, -0.1) is 24.0 Å². The van der Waals surface area contributed by atoms with Gasteiger partial charge in [0.2, 0.25) is 0 Å². The van der Waals surface area contributed by atoms with E-state index in [1.54, 1.807) is 19.4 Å². The Morgan fingerprint density at radius 1 is 1.29 bits per heavy atom. The molecule has 0 spiro atoms. The number of morpholine rings is 1. The summed E-state index contributed by atoms with van der Waals surface area (Å²) in [7, 11) is 5.63. The third-order valence-electron chi connectivity index (χ3n) is 5.11. The van der Waals surface area contributed by atoms with E-state index in [9.17, 15) is 13.2 Å². The summed E-state index contributed by atoms with van der Waals surface area (Å²) < 4.78 is 50.5. The molecule has 1 fully saturated rings. The number of likely N-dealkylation sites (N-methyl/N-ethyl adjacent to an activating group) is 1. The summed E-state index contributed by atoms with van der Waals surface area (Å²) in [6.07, 6.45) is -3.20. The second-order valence-electron chi connectivity index (χ2n) is 7.35. The van der Waals surface area contributed by atoms with Crippen molar-refractivity contribution in [2.24, 2.45) is 4.99 Å². The SMILES string of the molecule is CN=C(NCC(c1ccco1)N(C)C)N1CCOC(c2cccc(C(F)(F)F)c2)C1.I. The van der Waals surface area contributed by atoms with Crippen molar-refractivity contribution in [3.05, 3.63) is 59.5 Å². The highest BCUT2D eigenvalue weighted by Crippen LogP contribution is 2.32. The van der Waals surface area contributed by atoms with Gasteiger partial charge in [0.1, 0.15) is 11.9 Å². The van der Waals surface area contributed by atoms with Crippen LogP contribution in [-0.4, -0.2) is 63.1 Å². The van der Waals surface area contributed by atoms with Crippen LogP contribution in [0.15, 0.2) is 52.1 Å². The first-order valence-corrected chi connectivity index (χ1v) is 9.73. The number of hydrogen-bond acceptors (Lipinski definition) is 4. The Hall–Kier alpha value is -1.79. The zero-order valence-electron chi connectivity index (χ0n) is 17.7. The smallest absolute Gasteiger partial charge is 0.416 e. The number of ether oxygens (including phenoxy) is 1. The van der Waals surface area contributed by atoms with Gasteiger partial charge in [0.15, 0.2) is 5.96 Å². The molecular formula is C21H28F3IN4O2. The molecular weight excluding hydrogens is 524 g/mol. The summed E-state index contributed by atoms with van der Waals surface area (Å²) in [6, 6.07) is 9.09. The van der Waals surface area contributed by atoms with Crippen LogP contribution in [-0.2, 0) is 10.9 Å². The van der Waals surface area contributed by atoms with Crippen LogP contribution in [0.2, 0.25) is 0 Å². The Morgan fingerprint density at radius 3 is 2.68 bits per heavy atom. The van der Waals surface area contributed by atoms with Crippen molar-refractivity contribution in [3.8, 4) is 0 Å². The molecule has 0 radical (unpaired) electrons. The van der Waals surface area contributed by atoms with Crippen LogP contribution in [0.25, 0.3) is 0 Å². The second-order valence-corrected chi connectivity index (χ2v) is 7.35. The Morgan fingerprint density at radius 2 is 2.06 bits per heavy atom. The van der Waals surface area contributed by atoms with E-state index in [1.165, 1.54) is 6.07 Å². The molecule has 1 saturated heterocycles. The fourth-order valence-electron chi connectivity index (χ4n) is 3.50. The lowest BCUT2D eigenvalue weighted by atomic mass is 10.0. The minimum atomic E-state index is -4.38. The molecule has 1 aromatic heterocycles. The van der Waals surface area contributed by atoms with Crippen LogP contribution >= 0.6 is 24.0 Å². The van der Waals surface area contributed by atoms with Gasteiger partial charge in [-0.1, -0.05) is 12.1 Å². The van der Waals surface area contributed by atoms with E-state index in [0.29, 0.717) is 37.8 Å². The number of halogens is 4. The van der Waals surface area contributed by atoms with Gasteiger partial charge in [-0.2, -0.15) is 13.2 Å². The summed E-state index contributed by atoms with van der Waals surface area (Å²) >= 11 is 0. The number of nitrogens with one attached hydrogen (secondary N) is 1. The lowest BCUT2D eigenvalue weighted by molar-refractivity contribution is -0.137. The maximum atomic E-state index is 13.1. The van der Waals surface area contributed by atoms with Crippen molar-refractivity contribution in [1.82, 2.24) is 15.1 Å². The summed E-state index contributed by atoms with van der Waals surface area (Å²) in [5.74, 6) is 1.51. The molecule has 31 heavy (non-hydrogen) atoms. The standard InChI is InChI=1S/C21H27F3N4O2.HI/c1-25-20(26-13-17(27(2)3)18-8-5-10-29-18)28-9-11-30-19(14-28)15-6-4-7-16(12-15)21(22,23)24;/h4-8,10,12,17,19H,9,11,13-14H2,1-3H3,(H,25,26);1H. The molecule has 10 heteroatoms. The zero-order valence-corrected chi connectivity index (χ0v) is 20.1. The average Bonchev–Trinajstić information content (AvgIpc) is 3.25. The summed E-state index contributed by atoms with van der Waals surface area (Å²) in [4.78, 5) is 8.40. The van der Waals surface area contributed by atoms with E-state index < -0.39 is 17.8 Å². The molecule has 0 saturated carbocycles. The van der Waals surface area contributed by atoms with Crippen LogP contribution < -0.4 is 5.32 Å². The Labute approximate surface area is 197 Å². The monoisotopic (exact) mass is 552 g/mol. The van der Waals surface area contributed by atoms with E-state index in [4.69, 9.17) is 9.15 Å². The molecule has 2 aromatic rings. The Bertz CT molecular complexity index is 843. The van der Waals surface area contributed by atoms with E-state index in [0.717, 1.165) is 17.9 Å². The van der Waals surface area contributed by atoms with E-state index in [2.05, 4.69) is 10.3 Å². The van der Waals surface area contributed by atoms with Crippen molar-refractivity contribution in [3.63, 3.8) is 0 Å². The Kier molecular flexibility index (Phi) is 9.19. The molecule has 2 heterocycles. The van der Waals surface area contributed by atoms with E-state index in [1.807, 2.05) is 36.0 Å². The molecule has 1 N–H and O–H groups in total. The van der Waals surface area contributed by atoms with Gasteiger partial charge in [0.05, 0.1) is 31.0 Å². The maximum absolute atomic E-state index is 13.1. The lowest BCUT2D eigenvalue weighted by Crippen LogP contribution is -2.49. The largest absolute Gasteiger partial charge is 0.468 e. The molecule has 1 aliphatic rings. The topological polar surface area (TPSA) is 53.2 Å². The number of alkyl halides is 3. The molecule has 0 aliphatic carbocycles. The number of benzene rings is 1. The molecule has 1 aromatic carbocycles. The highest BCUT2D eigenvalue weighted by molar-refractivity contribution is 14.0. The average molecular weight is 552 g/mol. The van der Waals surface area contributed by atoms with Gasteiger partial charge in [0, 0.05) is 20.1 Å². The minimum Gasteiger partial charge on any atom is -0.468 e. The number of aliphatic imine (C=N–C) groups is 1. The number of furan rings is 1. The van der Waals surface area contributed by atoms with Crippen molar-refractivity contribution in [1.29, 1.82) is 0 Å². The first-order chi connectivity index (χ1) is 14.3. The van der Waals surface area contributed by atoms with Crippen molar-refractivity contribution >= 4 is 29.9 Å². The first kappa shape index (κ1) is 25.5. The van der Waals surface area contributed by atoms with Gasteiger partial charge < -0.3 is 19.4 Å². The number of nitrogens with zero attached hydrogens (tertiary/aromatic N) is 3. The third-order valence-corrected chi connectivity index (χ3v) is 5.11. The van der Waals surface area contributed by atoms with Gasteiger partial charge in [-0.05, 0) is 43.9 Å². The molecule has 1 aliphatic heterocycles. The van der Waals surface area contributed by atoms with Crippen LogP contribution in [0, 0.1) is 0 Å². The number of guanidine groups is 1. The first-order valence-electron chi connectivity index (χ1n) is 9.73. The molecule has 0 bridgehead atoms. The molecule has 2 unspecified atom stereocenters. The summed E-state index contributed by atoms with van der Waals surface area (Å²) in [5.41, 5.74) is -0.165. The van der Waals surface area contributed by atoms with Gasteiger partial charge in [-0.25, -0.2) is 0 Å². The van der Waals surface area contributed by atoms with Crippen LogP contribution in [0.1, 0.15) is 29.0 Å². The predicted molar refractivity (Wildman–Crippen MR) is 124 cm³/mol. The van der Waals surface area contributed by atoms with Gasteiger partial charge in [-0.3, -0.25) is 9.89 Å². The fourth-order valence-corrected chi connectivity index (χ4v) is 3.50. The highest BCUT2D eigenvalue weighted by atomic mass is 127. The third kappa shape index (κ3) is 6.59. The predicted octanol–water partition coefficient (Wildman–Crippen LogP) is 4.17. The summed E-state index contributed by atoms with van der Waals surface area (Å²) in [6.45, 7) is 1.98. The quantitative estimate of drug-likeness (QED) is 0.343. The lowest BCUT2D eigenvalue weighted by Gasteiger charge is -2.36. The van der Waals surface area contributed by atoms with Crippen molar-refractivity contribution in [2.75, 3.05) is 47.4 Å². The molecule has 2 atom stereocenters. The van der Waals surface area contributed by atoms with Crippen molar-refractivity contribution in [2.45, 2.75) is 18.3 Å². The fraction of sp³-hybridized carbons (Fsp3) is 0.476. The van der Waals surface area contributed by atoms with Crippen LogP contribution in [0.5, 0.6) is 0 Å². The van der Waals surface area contributed by atoms with Crippen LogP contribution in [0.4, 0.5) is 13.2 Å². The van der Waals surface area contributed by atoms with Gasteiger partial charge in [0.25, 0.3) is 0 Å². The minimum absolute atomic E-state index is 0. The number of rotatable bonds is 5. The van der Waals surface area contributed by atoms with E-state index >= 15 is 0 Å². The second kappa shape index (κ2) is 11.2. The number of hydrogen-bond donors (Lipinski definition) is 1. The van der Waals surface area contributed by atoms with Crippen molar-refractivity contribution < 1.29 is 22.3 Å². The molecule has 3 rings (SSSR count). The maximum Gasteiger partial charge on any atom is 0.416 e. The molecule has 6 nitrogen and oxygen atoms in total. The molecule has 0 amide bonds. The van der Waals surface area contributed by atoms with Crippen LogP contribution in [0.3, 0.4) is 0 Å². The normalized spacial score (nSPS) is 18.6. The van der Waals surface area contributed by atoms with E-state index in [-0.39, 0.29) is 30.0 Å². The zero-order chi connectivity index (χ0) is 21.7. The Balaban J connectivity index is 0.00000341.